The first-order valence-corrected chi connectivity index (χ1v) is 7.13. The summed E-state index contributed by atoms with van der Waals surface area (Å²) in [4.78, 5) is 15.5. The lowest BCUT2D eigenvalue weighted by molar-refractivity contribution is -0.272. The summed E-state index contributed by atoms with van der Waals surface area (Å²) in [7, 11) is 1.34. The van der Waals surface area contributed by atoms with Crippen molar-refractivity contribution in [3.63, 3.8) is 0 Å². The lowest BCUT2D eigenvalue weighted by Crippen LogP contribution is -2.49. The predicted molar refractivity (Wildman–Crippen MR) is 72.7 cm³/mol. The molecule has 2 rings (SSSR count). The van der Waals surface area contributed by atoms with E-state index in [1.165, 1.54) is 13.2 Å². The summed E-state index contributed by atoms with van der Waals surface area (Å²) in [5.41, 5.74) is -4.31. The van der Waals surface area contributed by atoms with E-state index in [1.54, 1.807) is 0 Å². The molecule has 0 saturated heterocycles. The number of aromatic nitrogens is 2. The molecule has 23 heavy (non-hydrogen) atoms. The second-order valence-electron chi connectivity index (χ2n) is 5.77. The van der Waals surface area contributed by atoms with Crippen LogP contribution in [0.5, 0.6) is 0 Å². The van der Waals surface area contributed by atoms with Crippen LogP contribution in [0.25, 0.3) is 0 Å². The molecule has 0 radical (unpaired) electrons. The minimum absolute atomic E-state index is 0.401. The molecule has 0 aromatic carbocycles. The molecule has 1 aromatic heterocycles. The fourth-order valence-electron chi connectivity index (χ4n) is 2.59. The summed E-state index contributed by atoms with van der Waals surface area (Å²) < 4.78 is 40.9. The maximum Gasteiger partial charge on any atom is 0.424 e. The van der Waals surface area contributed by atoms with E-state index in [1.807, 2.05) is 6.07 Å². The van der Waals surface area contributed by atoms with Crippen LogP contribution in [0, 0.1) is 16.7 Å². The summed E-state index contributed by atoms with van der Waals surface area (Å²) in [5.74, 6) is -1.13. The van der Waals surface area contributed by atoms with Gasteiger partial charge in [0, 0.05) is 32.4 Å². The quantitative estimate of drug-likeness (QED) is 0.853. The first-order valence-electron chi connectivity index (χ1n) is 7.13. The Balaban J connectivity index is 2.08. The monoisotopic (exact) mass is 330 g/mol. The molecular weight excluding hydrogens is 313 g/mol. The number of amides is 1. The fraction of sp³-hybridized carbons (Fsp3) is 0.643. The van der Waals surface area contributed by atoms with E-state index < -0.39 is 41.9 Å². The van der Waals surface area contributed by atoms with Crippen molar-refractivity contribution in [3.05, 3.63) is 18.2 Å². The highest BCUT2D eigenvalue weighted by Crippen LogP contribution is 2.42. The summed E-state index contributed by atoms with van der Waals surface area (Å²) in [6.07, 6.45) is -1.74. The summed E-state index contributed by atoms with van der Waals surface area (Å²) in [6, 6.07) is 1.92. The minimum Gasteiger partial charge on any atom is -0.374 e. The Hall–Kier alpha value is -2.08. The molecule has 1 aliphatic rings. The highest BCUT2D eigenvalue weighted by molar-refractivity contribution is 5.86. The normalized spacial score (nSPS) is 19.3. The molecular formula is C14H17F3N4O2. The van der Waals surface area contributed by atoms with E-state index in [9.17, 15) is 23.1 Å². The molecule has 126 valence electrons. The van der Waals surface area contributed by atoms with Crippen LogP contribution in [-0.2, 0) is 17.4 Å². The highest BCUT2D eigenvalue weighted by Gasteiger charge is 2.57. The van der Waals surface area contributed by atoms with Gasteiger partial charge in [0.1, 0.15) is 11.2 Å². The Labute approximate surface area is 130 Å². The van der Waals surface area contributed by atoms with Gasteiger partial charge in [0.25, 0.3) is 0 Å². The van der Waals surface area contributed by atoms with Crippen molar-refractivity contribution in [2.75, 3.05) is 6.54 Å². The molecule has 1 aliphatic carbocycles. The number of imidazole rings is 1. The smallest absolute Gasteiger partial charge is 0.374 e. The van der Waals surface area contributed by atoms with Crippen LogP contribution in [-0.4, -0.2) is 33.3 Å². The van der Waals surface area contributed by atoms with Crippen molar-refractivity contribution in [1.82, 2.24) is 14.9 Å². The van der Waals surface area contributed by atoms with Crippen LogP contribution >= 0.6 is 0 Å². The molecule has 1 saturated carbocycles. The second-order valence-corrected chi connectivity index (χ2v) is 5.77. The van der Waals surface area contributed by atoms with Gasteiger partial charge in [0.15, 0.2) is 0 Å². The summed E-state index contributed by atoms with van der Waals surface area (Å²) in [6.45, 7) is -0.412. The molecule has 1 amide bonds. The number of carbonyl (C=O) groups excluding carboxylic acids is 1. The number of alkyl halides is 3. The van der Waals surface area contributed by atoms with Crippen molar-refractivity contribution in [3.8, 4) is 6.07 Å². The van der Waals surface area contributed by atoms with E-state index in [4.69, 9.17) is 5.26 Å². The number of nitriles is 1. The van der Waals surface area contributed by atoms with Gasteiger partial charge in [-0.2, -0.15) is 18.4 Å². The zero-order chi connectivity index (χ0) is 17.3. The second kappa shape index (κ2) is 5.85. The van der Waals surface area contributed by atoms with Crippen LogP contribution < -0.4 is 5.32 Å². The average molecular weight is 330 g/mol. The highest BCUT2D eigenvalue weighted by atomic mass is 19.4. The number of hydrogen-bond acceptors (Lipinski definition) is 4. The van der Waals surface area contributed by atoms with E-state index in [-0.39, 0.29) is 0 Å². The number of aliphatic hydroxyl groups is 1. The van der Waals surface area contributed by atoms with Crippen LogP contribution in [0.2, 0.25) is 0 Å². The Morgan fingerprint density at radius 1 is 1.57 bits per heavy atom. The Bertz CT molecular complexity index is 631. The van der Waals surface area contributed by atoms with Gasteiger partial charge in [-0.3, -0.25) is 4.79 Å². The Kier molecular flexibility index (Phi) is 4.39. The van der Waals surface area contributed by atoms with Gasteiger partial charge in [0.2, 0.25) is 11.5 Å². The maximum absolute atomic E-state index is 13.3. The lowest BCUT2D eigenvalue weighted by Gasteiger charge is -2.34. The van der Waals surface area contributed by atoms with Gasteiger partial charge in [0.05, 0.1) is 6.07 Å². The van der Waals surface area contributed by atoms with Crippen molar-refractivity contribution in [1.29, 1.82) is 5.26 Å². The molecule has 9 heteroatoms. The van der Waals surface area contributed by atoms with E-state index in [0.29, 0.717) is 12.8 Å². The van der Waals surface area contributed by atoms with Crippen molar-refractivity contribution in [2.45, 2.75) is 37.5 Å². The molecule has 0 spiro atoms. The van der Waals surface area contributed by atoms with Gasteiger partial charge >= 0.3 is 6.18 Å². The third kappa shape index (κ3) is 2.91. The molecule has 1 aromatic rings. The Morgan fingerprint density at radius 3 is 2.61 bits per heavy atom. The van der Waals surface area contributed by atoms with Crippen molar-refractivity contribution < 1.29 is 23.1 Å². The van der Waals surface area contributed by atoms with E-state index in [0.717, 1.165) is 17.2 Å². The van der Waals surface area contributed by atoms with E-state index >= 15 is 0 Å². The molecule has 6 nitrogen and oxygen atoms in total. The first-order chi connectivity index (χ1) is 10.7. The standard InChI is InChI=1S/C14H17F3N4O2/c1-21-8-7-19-10(21)13(23,14(15,16)17)5-6-20-11(22)12(9-18)3-2-4-12/h7-8,23H,2-6H2,1H3,(H,20,22). The zero-order valence-corrected chi connectivity index (χ0v) is 12.5. The Morgan fingerprint density at radius 2 is 2.22 bits per heavy atom. The number of halogens is 3. The molecule has 1 heterocycles. The zero-order valence-electron chi connectivity index (χ0n) is 12.5. The van der Waals surface area contributed by atoms with Gasteiger partial charge in [-0.05, 0) is 19.3 Å². The van der Waals surface area contributed by atoms with Crippen LogP contribution in [0.15, 0.2) is 12.4 Å². The fourth-order valence-corrected chi connectivity index (χ4v) is 2.59. The summed E-state index contributed by atoms with van der Waals surface area (Å²) >= 11 is 0. The maximum atomic E-state index is 13.3. The van der Waals surface area contributed by atoms with E-state index in [2.05, 4.69) is 10.3 Å². The van der Waals surface area contributed by atoms with Gasteiger partial charge in [-0.1, -0.05) is 0 Å². The third-order valence-electron chi connectivity index (χ3n) is 4.29. The lowest BCUT2D eigenvalue weighted by atomic mass is 9.69. The SMILES string of the molecule is Cn1ccnc1C(O)(CCNC(=O)C1(C#N)CCC1)C(F)(F)F. The van der Waals surface area contributed by atoms with Gasteiger partial charge in [-0.25, -0.2) is 4.98 Å². The van der Waals surface area contributed by atoms with Crippen molar-refractivity contribution in [2.24, 2.45) is 12.5 Å². The number of carbonyl (C=O) groups is 1. The minimum atomic E-state index is -4.94. The number of nitrogens with zero attached hydrogens (tertiary/aromatic N) is 3. The third-order valence-corrected chi connectivity index (χ3v) is 4.29. The number of aryl methyl sites for hydroxylation is 1. The summed E-state index contributed by atoms with van der Waals surface area (Å²) in [5, 5.41) is 21.5. The molecule has 0 bridgehead atoms. The first kappa shape index (κ1) is 17.3. The average Bonchev–Trinajstić information content (AvgIpc) is 2.83. The predicted octanol–water partition coefficient (Wildman–Crippen LogP) is 1.37. The van der Waals surface area contributed by atoms with Crippen LogP contribution in [0.3, 0.4) is 0 Å². The van der Waals surface area contributed by atoms with Crippen molar-refractivity contribution >= 4 is 5.91 Å². The van der Waals surface area contributed by atoms with Crippen LogP contribution in [0.1, 0.15) is 31.5 Å². The largest absolute Gasteiger partial charge is 0.424 e. The number of hydrogen-bond donors (Lipinski definition) is 2. The topological polar surface area (TPSA) is 90.9 Å². The molecule has 1 atom stereocenters. The van der Waals surface area contributed by atoms with Crippen LogP contribution in [0.4, 0.5) is 13.2 Å². The number of rotatable bonds is 5. The molecule has 1 unspecified atom stereocenters. The van der Waals surface area contributed by atoms with Gasteiger partial charge < -0.3 is 15.0 Å². The number of nitrogens with one attached hydrogen (secondary N) is 1. The van der Waals surface area contributed by atoms with Gasteiger partial charge in [-0.15, -0.1) is 0 Å². The molecule has 2 N–H and O–H groups in total. The molecule has 0 aliphatic heterocycles. The molecule has 1 fully saturated rings.